The number of H-pyrrole nitrogens is 1. The summed E-state index contributed by atoms with van der Waals surface area (Å²) in [4.78, 5) is 18.1. The number of halogens is 2. The lowest BCUT2D eigenvalue weighted by molar-refractivity contribution is 0.0730. The van der Waals surface area contributed by atoms with Crippen molar-refractivity contribution in [1.29, 1.82) is 0 Å². The number of benzene rings is 2. The number of hydrogen-bond donors (Lipinski definition) is 1. The van der Waals surface area contributed by atoms with E-state index in [2.05, 4.69) is 23.2 Å². The Balaban J connectivity index is 1.64. The van der Waals surface area contributed by atoms with E-state index >= 15 is 0 Å². The van der Waals surface area contributed by atoms with E-state index in [1.54, 1.807) is 18.2 Å². The lowest BCUT2D eigenvalue weighted by Gasteiger charge is -2.23. The molecule has 0 aliphatic heterocycles. The van der Waals surface area contributed by atoms with Crippen molar-refractivity contribution in [3.05, 3.63) is 69.8 Å². The summed E-state index contributed by atoms with van der Waals surface area (Å²) < 4.78 is 0. The van der Waals surface area contributed by atoms with Crippen LogP contribution in [0.15, 0.2) is 48.7 Å². The summed E-state index contributed by atoms with van der Waals surface area (Å²) in [6, 6.07) is 13.6. The Kier molecular flexibility index (Phi) is 3.99. The van der Waals surface area contributed by atoms with Gasteiger partial charge in [0.1, 0.15) is 0 Å². The van der Waals surface area contributed by atoms with Gasteiger partial charge in [0.2, 0.25) is 0 Å². The monoisotopic (exact) mass is 358 g/mol. The smallest absolute Gasteiger partial charge is 0.255 e. The van der Waals surface area contributed by atoms with Crippen molar-refractivity contribution in [3.8, 4) is 0 Å². The van der Waals surface area contributed by atoms with E-state index in [4.69, 9.17) is 23.2 Å². The minimum Gasteiger partial charge on any atom is -0.361 e. The van der Waals surface area contributed by atoms with Crippen molar-refractivity contribution in [2.45, 2.75) is 25.4 Å². The van der Waals surface area contributed by atoms with Crippen LogP contribution in [0.2, 0.25) is 10.0 Å². The highest BCUT2D eigenvalue weighted by Crippen LogP contribution is 2.32. The number of nitrogens with zero attached hydrogens (tertiary/aromatic N) is 1. The molecule has 1 aliphatic carbocycles. The van der Waals surface area contributed by atoms with Gasteiger partial charge in [0, 0.05) is 29.3 Å². The minimum atomic E-state index is -0.0587. The fourth-order valence-electron chi connectivity index (χ4n) is 2.96. The molecule has 2 aromatic carbocycles. The van der Waals surface area contributed by atoms with Crippen molar-refractivity contribution in [1.82, 2.24) is 9.88 Å². The summed E-state index contributed by atoms with van der Waals surface area (Å²) in [5, 5.41) is 2.13. The van der Waals surface area contributed by atoms with Gasteiger partial charge in [-0.1, -0.05) is 35.3 Å². The molecule has 0 bridgehead atoms. The summed E-state index contributed by atoms with van der Waals surface area (Å²) >= 11 is 12.3. The first-order valence-electron chi connectivity index (χ1n) is 7.94. The number of fused-ring (bicyclic) bond motifs is 1. The zero-order chi connectivity index (χ0) is 16.7. The van der Waals surface area contributed by atoms with E-state index in [0.29, 0.717) is 22.2 Å². The Morgan fingerprint density at radius 3 is 2.75 bits per heavy atom. The number of carbonyl (C=O) groups excluding carboxylic acids is 1. The number of hydrogen-bond acceptors (Lipinski definition) is 1. The number of aromatic amines is 1. The van der Waals surface area contributed by atoms with Crippen LogP contribution in [0.3, 0.4) is 0 Å². The SMILES string of the molecule is O=C(c1cc(Cl)ccc1Cl)N(Cc1ccc2cc[nH]c2c1)C1CC1. The highest BCUT2D eigenvalue weighted by atomic mass is 35.5. The number of nitrogens with one attached hydrogen (secondary N) is 1. The molecule has 3 nitrogen and oxygen atoms in total. The van der Waals surface area contributed by atoms with E-state index < -0.39 is 0 Å². The van der Waals surface area contributed by atoms with Crippen LogP contribution in [0, 0.1) is 0 Å². The second kappa shape index (κ2) is 6.15. The molecule has 3 aromatic rings. The van der Waals surface area contributed by atoms with Crippen LogP contribution in [0.5, 0.6) is 0 Å². The molecular formula is C19H16Cl2N2O. The summed E-state index contributed by atoms with van der Waals surface area (Å²) in [6.45, 7) is 0.571. The Morgan fingerprint density at radius 2 is 1.96 bits per heavy atom. The zero-order valence-corrected chi connectivity index (χ0v) is 14.4. The number of amides is 1. The van der Waals surface area contributed by atoms with Crippen LogP contribution in [-0.2, 0) is 6.54 Å². The predicted molar refractivity (Wildman–Crippen MR) is 97.7 cm³/mol. The van der Waals surface area contributed by atoms with Crippen molar-refractivity contribution in [2.75, 3.05) is 0 Å². The highest BCUT2D eigenvalue weighted by Gasteiger charge is 2.33. The topological polar surface area (TPSA) is 36.1 Å². The second-order valence-corrected chi connectivity index (χ2v) is 7.03. The van der Waals surface area contributed by atoms with Gasteiger partial charge < -0.3 is 9.88 Å². The Labute approximate surface area is 150 Å². The van der Waals surface area contributed by atoms with Gasteiger partial charge in [-0.2, -0.15) is 0 Å². The average molecular weight is 359 g/mol. The third kappa shape index (κ3) is 3.02. The molecule has 1 saturated carbocycles. The van der Waals surface area contributed by atoms with Crippen molar-refractivity contribution in [2.24, 2.45) is 0 Å². The Hall–Kier alpha value is -1.97. The van der Waals surface area contributed by atoms with Gasteiger partial charge in [-0.15, -0.1) is 0 Å². The molecule has 0 radical (unpaired) electrons. The number of aromatic nitrogens is 1. The third-order valence-electron chi connectivity index (χ3n) is 4.38. The molecular weight excluding hydrogens is 343 g/mol. The van der Waals surface area contributed by atoms with Gasteiger partial charge >= 0.3 is 0 Å². The molecule has 1 heterocycles. The molecule has 1 N–H and O–H groups in total. The molecule has 0 unspecified atom stereocenters. The lowest BCUT2D eigenvalue weighted by Crippen LogP contribution is -2.32. The maximum atomic E-state index is 13.0. The molecule has 0 spiro atoms. The first-order valence-corrected chi connectivity index (χ1v) is 8.69. The maximum absolute atomic E-state index is 13.0. The van der Waals surface area contributed by atoms with E-state index in [9.17, 15) is 4.79 Å². The van der Waals surface area contributed by atoms with Crippen molar-refractivity contribution in [3.63, 3.8) is 0 Å². The highest BCUT2D eigenvalue weighted by molar-refractivity contribution is 6.35. The van der Waals surface area contributed by atoms with E-state index in [1.165, 1.54) is 5.39 Å². The normalized spacial score (nSPS) is 14.1. The van der Waals surface area contributed by atoms with E-state index in [-0.39, 0.29) is 11.9 Å². The Morgan fingerprint density at radius 1 is 1.12 bits per heavy atom. The van der Waals surface area contributed by atoms with Gasteiger partial charge in [0.25, 0.3) is 5.91 Å². The first-order chi connectivity index (χ1) is 11.6. The van der Waals surface area contributed by atoms with Crippen LogP contribution in [0.1, 0.15) is 28.8 Å². The molecule has 24 heavy (non-hydrogen) atoms. The summed E-state index contributed by atoms with van der Waals surface area (Å²) in [6.07, 6.45) is 3.99. The van der Waals surface area contributed by atoms with Crippen LogP contribution in [-0.4, -0.2) is 21.8 Å². The van der Waals surface area contributed by atoms with Gasteiger partial charge in [0.15, 0.2) is 0 Å². The molecule has 1 amide bonds. The summed E-state index contributed by atoms with van der Waals surface area (Å²) in [7, 11) is 0. The van der Waals surface area contributed by atoms with Crippen LogP contribution in [0.4, 0.5) is 0 Å². The molecule has 1 fully saturated rings. The zero-order valence-electron chi connectivity index (χ0n) is 12.9. The summed E-state index contributed by atoms with van der Waals surface area (Å²) in [5.74, 6) is -0.0587. The van der Waals surface area contributed by atoms with Crippen LogP contribution in [0.25, 0.3) is 10.9 Å². The predicted octanol–water partition coefficient (Wildman–Crippen LogP) is 5.28. The first kappa shape index (κ1) is 15.6. The quantitative estimate of drug-likeness (QED) is 0.676. The number of rotatable bonds is 4. The lowest BCUT2D eigenvalue weighted by atomic mass is 10.1. The van der Waals surface area contributed by atoms with Gasteiger partial charge in [0.05, 0.1) is 10.6 Å². The summed E-state index contributed by atoms with van der Waals surface area (Å²) in [5.41, 5.74) is 2.65. The third-order valence-corrected chi connectivity index (χ3v) is 4.94. The fraction of sp³-hybridized carbons (Fsp3) is 0.211. The molecule has 1 aliphatic rings. The molecule has 0 atom stereocenters. The largest absolute Gasteiger partial charge is 0.361 e. The molecule has 0 saturated heterocycles. The molecule has 122 valence electrons. The molecule has 1 aromatic heterocycles. The standard InChI is InChI=1S/C19H16Cl2N2O/c20-14-3-6-17(21)16(10-14)19(24)23(15-4-5-15)11-12-1-2-13-7-8-22-18(13)9-12/h1-3,6-10,15,22H,4-5,11H2. The van der Waals surface area contributed by atoms with Gasteiger partial charge in [-0.05, 0) is 54.1 Å². The molecule has 4 rings (SSSR count). The van der Waals surface area contributed by atoms with E-state index in [0.717, 1.165) is 23.9 Å². The van der Waals surface area contributed by atoms with Crippen LogP contribution < -0.4 is 0 Å². The van der Waals surface area contributed by atoms with E-state index in [1.807, 2.05) is 17.2 Å². The second-order valence-electron chi connectivity index (χ2n) is 6.19. The minimum absolute atomic E-state index is 0.0587. The Bertz CT molecular complexity index is 915. The van der Waals surface area contributed by atoms with Gasteiger partial charge in [-0.3, -0.25) is 4.79 Å². The number of carbonyl (C=O) groups is 1. The average Bonchev–Trinajstić information content (AvgIpc) is 3.31. The van der Waals surface area contributed by atoms with Crippen molar-refractivity contribution >= 4 is 40.0 Å². The van der Waals surface area contributed by atoms with Crippen molar-refractivity contribution < 1.29 is 4.79 Å². The fourth-order valence-corrected chi connectivity index (χ4v) is 3.33. The molecule has 5 heteroatoms. The van der Waals surface area contributed by atoms with Gasteiger partial charge in [-0.25, -0.2) is 0 Å². The van der Waals surface area contributed by atoms with Crippen LogP contribution >= 0.6 is 23.2 Å². The maximum Gasteiger partial charge on any atom is 0.255 e.